The largest absolute Gasteiger partial charge is 0.743 e. The normalized spacial score (nSPS) is 17.3. The maximum Gasteiger partial charge on any atom is 0.369 e. The van der Waals surface area contributed by atoms with Crippen LogP contribution in [0.3, 0.4) is 0 Å². The van der Waals surface area contributed by atoms with Crippen LogP contribution in [0.5, 0.6) is 0 Å². The molecule has 116 valence electrons. The van der Waals surface area contributed by atoms with Crippen molar-refractivity contribution in [3.8, 4) is 0 Å². The minimum absolute atomic E-state index is 0.345. The van der Waals surface area contributed by atoms with Crippen LogP contribution in [-0.4, -0.2) is 30.3 Å². The van der Waals surface area contributed by atoms with E-state index in [-0.39, 0.29) is 0 Å². The molecule has 0 fully saturated rings. The van der Waals surface area contributed by atoms with Crippen molar-refractivity contribution in [2.24, 2.45) is 5.92 Å². The monoisotopic (exact) mass is 319 g/mol. The molecular weight excluding hydrogens is 306 g/mol. The Morgan fingerprint density at radius 3 is 2.24 bits per heavy atom. The Labute approximate surface area is 120 Å². The predicted molar refractivity (Wildman–Crippen MR) is 67.5 cm³/mol. The number of alkyl halides is 2. The molecule has 0 radical (unpaired) electrons. The summed E-state index contributed by atoms with van der Waals surface area (Å²) in [6.45, 7) is 0.690. The molecule has 1 aliphatic carbocycles. The first-order chi connectivity index (χ1) is 9.63. The molecule has 0 saturated carbocycles. The molecule has 1 aromatic carbocycles. The minimum Gasteiger partial charge on any atom is -0.743 e. The molecule has 0 spiro atoms. The molecule has 0 saturated heterocycles. The number of benzene rings is 1. The zero-order valence-corrected chi connectivity index (χ0v) is 11.9. The molecule has 2 rings (SSSR count). The average Bonchev–Trinajstić information content (AvgIpc) is 2.80. The molecule has 0 aromatic heterocycles. The number of halogens is 2. The van der Waals surface area contributed by atoms with Gasteiger partial charge in [0.2, 0.25) is 0 Å². The topological polar surface area (TPSA) is 83.5 Å². The summed E-state index contributed by atoms with van der Waals surface area (Å²) in [5.74, 6) is -1.57. The van der Waals surface area contributed by atoms with Gasteiger partial charge in [-0.15, -0.1) is 0 Å². The van der Waals surface area contributed by atoms with Gasteiger partial charge in [0.1, 0.15) is 0 Å². The van der Waals surface area contributed by atoms with E-state index in [1.807, 2.05) is 12.1 Å². The Balaban J connectivity index is 2.04. The quantitative estimate of drug-likeness (QED) is 0.620. The fourth-order valence-corrected chi connectivity index (χ4v) is 2.72. The second-order valence-electron chi connectivity index (χ2n) is 4.97. The van der Waals surface area contributed by atoms with Gasteiger partial charge in [-0.25, -0.2) is 8.42 Å². The van der Waals surface area contributed by atoms with E-state index in [9.17, 15) is 26.5 Å². The third kappa shape index (κ3) is 3.06. The van der Waals surface area contributed by atoms with Gasteiger partial charge < -0.3 is 9.29 Å². The van der Waals surface area contributed by atoms with Crippen LogP contribution in [0, 0.1) is 5.92 Å². The maximum atomic E-state index is 13.3. The summed E-state index contributed by atoms with van der Waals surface area (Å²) >= 11 is 0. The van der Waals surface area contributed by atoms with Crippen molar-refractivity contribution in [3.05, 3.63) is 35.4 Å². The van der Waals surface area contributed by atoms with E-state index < -0.39 is 33.4 Å². The molecule has 1 atom stereocenters. The fraction of sp³-hybridized carbons (Fsp3) is 0.462. The van der Waals surface area contributed by atoms with E-state index in [1.54, 1.807) is 12.1 Å². The second-order valence-corrected chi connectivity index (χ2v) is 6.42. The van der Waals surface area contributed by atoms with Crippen LogP contribution in [0.2, 0.25) is 0 Å². The summed E-state index contributed by atoms with van der Waals surface area (Å²) in [5.41, 5.74) is 1.85. The number of esters is 1. The molecule has 1 aromatic rings. The predicted octanol–water partition coefficient (Wildman–Crippen LogP) is 1.47. The highest BCUT2D eigenvalue weighted by molar-refractivity contribution is 7.86. The highest BCUT2D eigenvalue weighted by Gasteiger charge is 2.47. The van der Waals surface area contributed by atoms with E-state index in [0.29, 0.717) is 19.8 Å². The Bertz CT molecular complexity index is 631. The van der Waals surface area contributed by atoms with Crippen molar-refractivity contribution in [2.75, 3.05) is 0 Å². The molecule has 1 unspecified atom stereocenters. The van der Waals surface area contributed by atoms with Crippen LogP contribution in [0.25, 0.3) is 0 Å². The lowest BCUT2D eigenvalue weighted by atomic mass is 10.1. The molecule has 8 heteroatoms. The number of rotatable bonds is 4. The van der Waals surface area contributed by atoms with Crippen molar-refractivity contribution in [1.82, 2.24) is 0 Å². The Hall–Kier alpha value is -1.54. The zero-order valence-electron chi connectivity index (χ0n) is 11.1. The smallest absolute Gasteiger partial charge is 0.369 e. The number of hydrogen-bond acceptors (Lipinski definition) is 5. The molecular formula is C13H13F2O5S-. The number of carbonyl (C=O) groups is 1. The molecule has 0 heterocycles. The number of ether oxygens (including phenoxy) is 1. The average molecular weight is 319 g/mol. The van der Waals surface area contributed by atoms with Crippen LogP contribution in [0.1, 0.15) is 18.1 Å². The van der Waals surface area contributed by atoms with Crippen LogP contribution in [0.15, 0.2) is 24.3 Å². The van der Waals surface area contributed by atoms with Gasteiger partial charge in [-0.3, -0.25) is 4.79 Å². The van der Waals surface area contributed by atoms with E-state index >= 15 is 0 Å². The van der Waals surface area contributed by atoms with Crippen molar-refractivity contribution in [3.63, 3.8) is 0 Å². The lowest BCUT2D eigenvalue weighted by Gasteiger charge is -2.26. The van der Waals surface area contributed by atoms with Gasteiger partial charge in [-0.05, 0) is 30.9 Å². The standard InChI is InChI=1S/C13H14F2O5S/c1-8(13(14,15)21(17,18)19)20-12(16)11-6-9-4-2-3-5-10(9)7-11/h2-5,8,11H,6-7H2,1H3,(H,17,18,19)/p-1. The Kier molecular flexibility index (Phi) is 4.03. The first-order valence-electron chi connectivity index (χ1n) is 6.23. The van der Waals surface area contributed by atoms with E-state index in [0.717, 1.165) is 11.1 Å². The molecule has 0 N–H and O–H groups in total. The first-order valence-corrected chi connectivity index (χ1v) is 7.64. The van der Waals surface area contributed by atoms with Crippen molar-refractivity contribution < 1.29 is 31.3 Å². The van der Waals surface area contributed by atoms with Gasteiger partial charge in [0, 0.05) is 0 Å². The lowest BCUT2D eigenvalue weighted by Crippen LogP contribution is -2.43. The highest BCUT2D eigenvalue weighted by atomic mass is 32.2. The third-order valence-electron chi connectivity index (χ3n) is 3.48. The van der Waals surface area contributed by atoms with Gasteiger partial charge in [-0.1, -0.05) is 24.3 Å². The van der Waals surface area contributed by atoms with Crippen LogP contribution in [-0.2, 0) is 32.5 Å². The highest BCUT2D eigenvalue weighted by Crippen LogP contribution is 2.31. The maximum absolute atomic E-state index is 13.3. The molecule has 0 aliphatic heterocycles. The molecule has 0 bridgehead atoms. The Morgan fingerprint density at radius 1 is 1.33 bits per heavy atom. The minimum atomic E-state index is -5.88. The van der Waals surface area contributed by atoms with Crippen molar-refractivity contribution >= 4 is 16.1 Å². The summed E-state index contributed by atoms with van der Waals surface area (Å²) in [6.07, 6.45) is -1.63. The molecule has 1 aliphatic rings. The van der Waals surface area contributed by atoms with E-state index in [1.165, 1.54) is 0 Å². The SMILES string of the molecule is CC(OC(=O)C1Cc2ccccc2C1)C(F)(F)S(=O)(=O)[O-]. The van der Waals surface area contributed by atoms with Gasteiger partial charge in [0.05, 0.1) is 5.92 Å². The molecule has 21 heavy (non-hydrogen) atoms. The van der Waals surface area contributed by atoms with Gasteiger partial charge in [-0.2, -0.15) is 8.78 Å². The van der Waals surface area contributed by atoms with Gasteiger partial charge >= 0.3 is 11.2 Å². The molecule has 5 nitrogen and oxygen atoms in total. The Morgan fingerprint density at radius 2 is 1.81 bits per heavy atom. The first kappa shape index (κ1) is 15.8. The van der Waals surface area contributed by atoms with Crippen LogP contribution >= 0.6 is 0 Å². The summed E-state index contributed by atoms with van der Waals surface area (Å²) in [4.78, 5) is 11.8. The number of carbonyl (C=O) groups excluding carboxylic acids is 1. The number of hydrogen-bond donors (Lipinski definition) is 0. The van der Waals surface area contributed by atoms with Crippen LogP contribution < -0.4 is 0 Å². The third-order valence-corrected chi connectivity index (χ3v) is 4.48. The van der Waals surface area contributed by atoms with Gasteiger partial charge in [0.25, 0.3) is 0 Å². The second kappa shape index (κ2) is 5.34. The van der Waals surface area contributed by atoms with Crippen molar-refractivity contribution in [2.45, 2.75) is 31.1 Å². The summed E-state index contributed by atoms with van der Waals surface area (Å²) in [7, 11) is -5.88. The lowest BCUT2D eigenvalue weighted by molar-refractivity contribution is -0.164. The number of fused-ring (bicyclic) bond motifs is 1. The molecule has 0 amide bonds. The van der Waals surface area contributed by atoms with Gasteiger partial charge in [0.15, 0.2) is 16.2 Å². The van der Waals surface area contributed by atoms with Crippen molar-refractivity contribution in [1.29, 1.82) is 0 Å². The van der Waals surface area contributed by atoms with E-state index in [2.05, 4.69) is 4.74 Å². The summed E-state index contributed by atoms with van der Waals surface area (Å²) < 4.78 is 62.4. The fourth-order valence-electron chi connectivity index (χ4n) is 2.27. The summed E-state index contributed by atoms with van der Waals surface area (Å²) in [6, 6.07) is 7.24. The van der Waals surface area contributed by atoms with E-state index in [4.69, 9.17) is 0 Å². The zero-order chi connectivity index (χ0) is 15.8. The summed E-state index contributed by atoms with van der Waals surface area (Å²) in [5, 5.41) is -4.64. The van der Waals surface area contributed by atoms with Crippen LogP contribution in [0.4, 0.5) is 8.78 Å².